The minimum atomic E-state index is 0.191. The SMILES string of the molecule is CC(=O)N1CCNCC1.CCN1CCNCC1. The summed E-state index contributed by atoms with van der Waals surface area (Å²) in [4.78, 5) is 15.0. The van der Waals surface area contributed by atoms with Gasteiger partial charge in [0.2, 0.25) is 5.91 Å². The van der Waals surface area contributed by atoms with Gasteiger partial charge in [0, 0.05) is 59.3 Å². The molecule has 2 aliphatic rings. The molecule has 0 saturated carbocycles. The van der Waals surface area contributed by atoms with Crippen molar-refractivity contribution in [1.82, 2.24) is 20.4 Å². The molecule has 100 valence electrons. The number of carbonyl (C=O) groups is 1. The summed E-state index contributed by atoms with van der Waals surface area (Å²) in [6.07, 6.45) is 0. The largest absolute Gasteiger partial charge is 0.340 e. The predicted octanol–water partition coefficient (Wildman–Crippen LogP) is -0.650. The molecular formula is C12H26N4O. The van der Waals surface area contributed by atoms with Crippen molar-refractivity contribution in [3.8, 4) is 0 Å². The predicted molar refractivity (Wildman–Crippen MR) is 70.1 cm³/mol. The maximum Gasteiger partial charge on any atom is 0.219 e. The molecule has 2 N–H and O–H groups in total. The Hall–Kier alpha value is -0.650. The summed E-state index contributed by atoms with van der Waals surface area (Å²) in [6.45, 7) is 13.5. The summed E-state index contributed by atoms with van der Waals surface area (Å²) in [5.41, 5.74) is 0. The van der Waals surface area contributed by atoms with Gasteiger partial charge < -0.3 is 20.4 Å². The van der Waals surface area contributed by atoms with E-state index in [1.165, 1.54) is 32.7 Å². The molecule has 0 aromatic carbocycles. The number of likely N-dealkylation sites (N-methyl/N-ethyl adjacent to an activating group) is 1. The Bertz CT molecular complexity index is 211. The zero-order chi connectivity index (χ0) is 12.5. The molecule has 17 heavy (non-hydrogen) atoms. The van der Waals surface area contributed by atoms with E-state index >= 15 is 0 Å². The lowest BCUT2D eigenvalue weighted by Gasteiger charge is -2.25. The van der Waals surface area contributed by atoms with Gasteiger partial charge >= 0.3 is 0 Å². The van der Waals surface area contributed by atoms with Gasteiger partial charge in [-0.1, -0.05) is 6.92 Å². The number of nitrogens with one attached hydrogen (secondary N) is 2. The second-order valence-electron chi connectivity index (χ2n) is 4.44. The first-order chi connectivity index (χ1) is 8.24. The van der Waals surface area contributed by atoms with Crippen LogP contribution in [-0.4, -0.2) is 74.6 Å². The van der Waals surface area contributed by atoms with E-state index < -0.39 is 0 Å². The highest BCUT2D eigenvalue weighted by atomic mass is 16.2. The van der Waals surface area contributed by atoms with Gasteiger partial charge in [-0.25, -0.2) is 0 Å². The van der Waals surface area contributed by atoms with Crippen molar-refractivity contribution in [2.75, 3.05) is 58.9 Å². The van der Waals surface area contributed by atoms with E-state index in [0.717, 1.165) is 26.2 Å². The molecule has 0 radical (unpaired) electrons. The summed E-state index contributed by atoms with van der Waals surface area (Å²) in [6, 6.07) is 0. The summed E-state index contributed by atoms with van der Waals surface area (Å²) in [7, 11) is 0. The Morgan fingerprint density at radius 2 is 1.47 bits per heavy atom. The third-order valence-electron chi connectivity index (χ3n) is 3.22. The normalized spacial score (nSPS) is 21.6. The molecule has 1 amide bonds. The molecule has 0 aromatic rings. The lowest BCUT2D eigenvalue weighted by molar-refractivity contribution is -0.129. The zero-order valence-electron chi connectivity index (χ0n) is 11.2. The average Bonchev–Trinajstić information content (AvgIpc) is 2.41. The molecular weight excluding hydrogens is 216 g/mol. The van der Waals surface area contributed by atoms with Gasteiger partial charge in [0.1, 0.15) is 0 Å². The fourth-order valence-corrected chi connectivity index (χ4v) is 2.01. The maximum atomic E-state index is 10.7. The van der Waals surface area contributed by atoms with Crippen LogP contribution >= 0.6 is 0 Å². The van der Waals surface area contributed by atoms with Crippen molar-refractivity contribution in [1.29, 1.82) is 0 Å². The smallest absolute Gasteiger partial charge is 0.219 e. The van der Waals surface area contributed by atoms with Gasteiger partial charge in [-0.2, -0.15) is 0 Å². The Morgan fingerprint density at radius 3 is 1.76 bits per heavy atom. The van der Waals surface area contributed by atoms with Crippen LogP contribution < -0.4 is 10.6 Å². The number of hydrogen-bond donors (Lipinski definition) is 2. The summed E-state index contributed by atoms with van der Waals surface area (Å²) < 4.78 is 0. The van der Waals surface area contributed by atoms with E-state index in [9.17, 15) is 4.79 Å². The summed E-state index contributed by atoms with van der Waals surface area (Å²) in [5.74, 6) is 0.191. The molecule has 0 spiro atoms. The van der Waals surface area contributed by atoms with Crippen LogP contribution in [0.5, 0.6) is 0 Å². The lowest BCUT2D eigenvalue weighted by atomic mass is 10.4. The first kappa shape index (κ1) is 14.4. The van der Waals surface area contributed by atoms with E-state index in [1.807, 2.05) is 4.90 Å². The highest BCUT2D eigenvalue weighted by molar-refractivity contribution is 5.73. The van der Waals surface area contributed by atoms with Crippen LogP contribution in [0.1, 0.15) is 13.8 Å². The van der Waals surface area contributed by atoms with Crippen LogP contribution in [0.15, 0.2) is 0 Å². The minimum Gasteiger partial charge on any atom is -0.340 e. The molecule has 2 aliphatic heterocycles. The molecule has 2 heterocycles. The van der Waals surface area contributed by atoms with Gasteiger partial charge in [-0.15, -0.1) is 0 Å². The van der Waals surface area contributed by atoms with Gasteiger partial charge in [0.15, 0.2) is 0 Å². The van der Waals surface area contributed by atoms with Crippen molar-refractivity contribution in [3.05, 3.63) is 0 Å². The Morgan fingerprint density at radius 1 is 1.00 bits per heavy atom. The summed E-state index contributed by atoms with van der Waals surface area (Å²) in [5, 5.41) is 6.48. The number of amides is 1. The molecule has 5 nitrogen and oxygen atoms in total. The van der Waals surface area contributed by atoms with Crippen LogP contribution in [0, 0.1) is 0 Å². The molecule has 0 unspecified atom stereocenters. The van der Waals surface area contributed by atoms with Crippen molar-refractivity contribution >= 4 is 5.91 Å². The van der Waals surface area contributed by atoms with E-state index in [1.54, 1.807) is 6.92 Å². The maximum absolute atomic E-state index is 10.7. The van der Waals surface area contributed by atoms with Crippen LogP contribution in [0.25, 0.3) is 0 Å². The molecule has 2 rings (SSSR count). The van der Waals surface area contributed by atoms with Crippen molar-refractivity contribution in [3.63, 3.8) is 0 Å². The second-order valence-corrected chi connectivity index (χ2v) is 4.44. The van der Waals surface area contributed by atoms with Crippen molar-refractivity contribution < 1.29 is 4.79 Å². The molecule has 2 saturated heterocycles. The van der Waals surface area contributed by atoms with Crippen LogP contribution in [0.4, 0.5) is 0 Å². The number of nitrogens with zero attached hydrogens (tertiary/aromatic N) is 2. The highest BCUT2D eigenvalue weighted by Gasteiger charge is 2.10. The van der Waals surface area contributed by atoms with E-state index in [0.29, 0.717) is 0 Å². The van der Waals surface area contributed by atoms with Gasteiger partial charge in [0.25, 0.3) is 0 Å². The van der Waals surface area contributed by atoms with Gasteiger partial charge in [0.05, 0.1) is 0 Å². The topological polar surface area (TPSA) is 47.6 Å². The molecule has 0 atom stereocenters. The molecule has 5 heteroatoms. The average molecular weight is 242 g/mol. The van der Waals surface area contributed by atoms with Gasteiger partial charge in [-0.3, -0.25) is 4.79 Å². The number of carbonyl (C=O) groups excluding carboxylic acids is 1. The molecule has 2 fully saturated rings. The van der Waals surface area contributed by atoms with Gasteiger partial charge in [-0.05, 0) is 6.54 Å². The number of rotatable bonds is 1. The monoisotopic (exact) mass is 242 g/mol. The summed E-state index contributed by atoms with van der Waals surface area (Å²) >= 11 is 0. The third-order valence-corrected chi connectivity index (χ3v) is 3.22. The van der Waals surface area contributed by atoms with E-state index in [2.05, 4.69) is 22.5 Å². The second kappa shape index (κ2) is 8.44. The first-order valence-electron chi connectivity index (χ1n) is 6.63. The quantitative estimate of drug-likeness (QED) is 0.641. The van der Waals surface area contributed by atoms with Crippen molar-refractivity contribution in [2.24, 2.45) is 0 Å². The van der Waals surface area contributed by atoms with E-state index in [-0.39, 0.29) is 5.91 Å². The van der Waals surface area contributed by atoms with Crippen LogP contribution in [-0.2, 0) is 4.79 Å². The lowest BCUT2D eigenvalue weighted by Crippen LogP contribution is -2.45. The first-order valence-corrected chi connectivity index (χ1v) is 6.63. The van der Waals surface area contributed by atoms with Crippen LogP contribution in [0.3, 0.4) is 0 Å². The van der Waals surface area contributed by atoms with E-state index in [4.69, 9.17) is 0 Å². The zero-order valence-corrected chi connectivity index (χ0v) is 11.2. The Kier molecular flexibility index (Phi) is 7.16. The Labute approximate surface area is 105 Å². The fourth-order valence-electron chi connectivity index (χ4n) is 2.01. The fraction of sp³-hybridized carbons (Fsp3) is 0.917. The van der Waals surface area contributed by atoms with Crippen LogP contribution in [0.2, 0.25) is 0 Å². The Balaban J connectivity index is 0.000000171. The third kappa shape index (κ3) is 6.00. The number of hydrogen-bond acceptors (Lipinski definition) is 4. The molecule has 0 bridgehead atoms. The number of piperazine rings is 2. The highest BCUT2D eigenvalue weighted by Crippen LogP contribution is 1.90. The molecule has 0 aromatic heterocycles. The standard InChI is InChI=1S/C6H12N2O.C6H14N2/c1-6(9)8-4-2-7-3-5-8;1-2-8-5-3-7-4-6-8/h7H,2-5H2,1H3;7H,2-6H2,1H3. The van der Waals surface area contributed by atoms with Crippen molar-refractivity contribution in [2.45, 2.75) is 13.8 Å². The molecule has 0 aliphatic carbocycles. The minimum absolute atomic E-state index is 0.191.